The minimum atomic E-state index is -0.895. The summed E-state index contributed by atoms with van der Waals surface area (Å²) in [6, 6.07) is 20.3. The number of carbonyl (C=O) groups is 3. The van der Waals surface area contributed by atoms with Crippen LogP contribution in [0.25, 0.3) is 11.0 Å². The SMILES string of the molecule is O=C(N[C@H](Cc1ccc(Cl)cc1)C(=O)N1CCC(c2ccccc2CN2CCCCC2=O)CC1)c1cc(=O)c2cc(Cl)ccc2o1. The van der Waals surface area contributed by atoms with E-state index in [2.05, 4.69) is 17.4 Å². The van der Waals surface area contributed by atoms with Gasteiger partial charge < -0.3 is 19.5 Å². The summed E-state index contributed by atoms with van der Waals surface area (Å²) in [5, 5.41) is 4.06. The molecule has 0 bridgehead atoms. The van der Waals surface area contributed by atoms with E-state index in [9.17, 15) is 19.2 Å². The fraction of sp³-hybridized carbons (Fsp3) is 0.333. The van der Waals surface area contributed by atoms with Gasteiger partial charge in [-0.05, 0) is 78.6 Å². The van der Waals surface area contributed by atoms with Crippen molar-refractivity contribution >= 4 is 51.9 Å². The molecule has 10 heteroatoms. The average Bonchev–Trinajstić information content (AvgIpc) is 3.06. The fourth-order valence-electron chi connectivity index (χ4n) is 6.47. The van der Waals surface area contributed by atoms with Crippen LogP contribution in [0.1, 0.15) is 65.3 Å². The highest BCUT2D eigenvalue weighted by atomic mass is 35.5. The first-order valence-corrected chi connectivity index (χ1v) is 16.4. The molecule has 2 saturated heterocycles. The van der Waals surface area contributed by atoms with Crippen molar-refractivity contribution in [3.8, 4) is 0 Å². The van der Waals surface area contributed by atoms with Gasteiger partial charge in [0.15, 0.2) is 11.2 Å². The number of fused-ring (bicyclic) bond motifs is 1. The lowest BCUT2D eigenvalue weighted by Gasteiger charge is -2.36. The van der Waals surface area contributed by atoms with E-state index in [0.717, 1.165) is 49.4 Å². The van der Waals surface area contributed by atoms with Crippen LogP contribution in [0.3, 0.4) is 0 Å². The second-order valence-electron chi connectivity index (χ2n) is 12.0. The lowest BCUT2D eigenvalue weighted by atomic mass is 9.86. The maximum absolute atomic E-state index is 14.0. The van der Waals surface area contributed by atoms with E-state index >= 15 is 0 Å². The van der Waals surface area contributed by atoms with Crippen LogP contribution in [0.2, 0.25) is 10.0 Å². The number of benzene rings is 3. The molecule has 1 N–H and O–H groups in total. The van der Waals surface area contributed by atoms with E-state index in [0.29, 0.717) is 36.1 Å². The number of rotatable bonds is 8. The Morgan fingerprint density at radius 2 is 1.63 bits per heavy atom. The molecular formula is C36H35Cl2N3O5. The summed E-state index contributed by atoms with van der Waals surface area (Å²) in [6.45, 7) is 2.46. The van der Waals surface area contributed by atoms with Gasteiger partial charge in [-0.1, -0.05) is 59.6 Å². The number of nitrogens with zero attached hydrogens (tertiary/aromatic N) is 2. The van der Waals surface area contributed by atoms with Crippen LogP contribution < -0.4 is 10.7 Å². The summed E-state index contributed by atoms with van der Waals surface area (Å²) in [4.78, 5) is 56.4. The van der Waals surface area contributed by atoms with E-state index in [-0.39, 0.29) is 40.9 Å². The van der Waals surface area contributed by atoms with Gasteiger partial charge in [0.25, 0.3) is 5.91 Å². The molecule has 3 amide bonds. The summed E-state index contributed by atoms with van der Waals surface area (Å²) >= 11 is 12.1. The van der Waals surface area contributed by atoms with Crippen LogP contribution in [-0.4, -0.2) is 53.2 Å². The molecule has 2 aliphatic heterocycles. The minimum absolute atomic E-state index is 0.184. The Kier molecular flexibility index (Phi) is 9.75. The summed E-state index contributed by atoms with van der Waals surface area (Å²) in [7, 11) is 0. The summed E-state index contributed by atoms with van der Waals surface area (Å²) in [5.74, 6) is -0.579. The molecule has 0 aliphatic carbocycles. The van der Waals surface area contributed by atoms with Gasteiger partial charge in [-0.3, -0.25) is 19.2 Å². The molecule has 238 valence electrons. The maximum Gasteiger partial charge on any atom is 0.287 e. The van der Waals surface area contributed by atoms with E-state index in [1.54, 1.807) is 29.2 Å². The molecule has 8 nitrogen and oxygen atoms in total. The van der Waals surface area contributed by atoms with Crippen molar-refractivity contribution in [2.45, 2.75) is 57.0 Å². The third kappa shape index (κ3) is 7.29. The Hall–Kier alpha value is -4.14. The lowest BCUT2D eigenvalue weighted by molar-refractivity contribution is -0.135. The zero-order valence-electron chi connectivity index (χ0n) is 25.3. The van der Waals surface area contributed by atoms with Crippen molar-refractivity contribution in [3.05, 3.63) is 116 Å². The summed E-state index contributed by atoms with van der Waals surface area (Å²) in [6.07, 6.45) is 4.36. The van der Waals surface area contributed by atoms with Gasteiger partial charge in [0, 0.05) is 55.1 Å². The minimum Gasteiger partial charge on any atom is -0.451 e. The Morgan fingerprint density at radius 1 is 0.891 bits per heavy atom. The fourth-order valence-corrected chi connectivity index (χ4v) is 6.77. The predicted octanol–water partition coefficient (Wildman–Crippen LogP) is 6.36. The van der Waals surface area contributed by atoms with Crippen LogP contribution in [0.4, 0.5) is 0 Å². The monoisotopic (exact) mass is 659 g/mol. The van der Waals surface area contributed by atoms with E-state index in [1.165, 1.54) is 11.6 Å². The number of carbonyl (C=O) groups excluding carboxylic acids is 3. The first-order chi connectivity index (χ1) is 22.2. The largest absolute Gasteiger partial charge is 0.451 e. The van der Waals surface area contributed by atoms with Crippen molar-refractivity contribution in [2.24, 2.45) is 0 Å². The molecule has 0 radical (unpaired) electrons. The molecule has 0 saturated carbocycles. The zero-order valence-corrected chi connectivity index (χ0v) is 26.9. The second-order valence-corrected chi connectivity index (χ2v) is 12.9. The molecule has 1 aromatic heterocycles. The molecule has 4 aromatic rings. The van der Waals surface area contributed by atoms with Crippen LogP contribution in [0, 0.1) is 0 Å². The maximum atomic E-state index is 14.0. The van der Waals surface area contributed by atoms with Crippen molar-refractivity contribution < 1.29 is 18.8 Å². The predicted molar refractivity (Wildman–Crippen MR) is 178 cm³/mol. The number of likely N-dealkylation sites (tertiary alicyclic amines) is 2. The Balaban J connectivity index is 1.17. The van der Waals surface area contributed by atoms with Gasteiger partial charge in [-0.25, -0.2) is 0 Å². The van der Waals surface area contributed by atoms with E-state index in [4.69, 9.17) is 27.6 Å². The van der Waals surface area contributed by atoms with Crippen LogP contribution in [-0.2, 0) is 22.6 Å². The smallest absolute Gasteiger partial charge is 0.287 e. The van der Waals surface area contributed by atoms with E-state index < -0.39 is 17.4 Å². The number of hydrogen-bond donors (Lipinski definition) is 1. The van der Waals surface area contributed by atoms with Crippen molar-refractivity contribution in [3.63, 3.8) is 0 Å². The second kappa shape index (κ2) is 14.1. The molecule has 46 heavy (non-hydrogen) atoms. The summed E-state index contributed by atoms with van der Waals surface area (Å²) < 4.78 is 5.75. The number of nitrogens with one attached hydrogen (secondary N) is 1. The highest BCUT2D eigenvalue weighted by Gasteiger charge is 2.32. The van der Waals surface area contributed by atoms with E-state index in [1.807, 2.05) is 29.2 Å². The van der Waals surface area contributed by atoms with Crippen LogP contribution >= 0.6 is 23.2 Å². The molecule has 0 spiro atoms. The molecule has 1 atom stereocenters. The molecule has 3 aromatic carbocycles. The Labute approximate surface area is 277 Å². The molecule has 2 aliphatic rings. The molecule has 3 heterocycles. The van der Waals surface area contributed by atoms with Crippen molar-refractivity contribution in [2.75, 3.05) is 19.6 Å². The van der Waals surface area contributed by atoms with Gasteiger partial charge in [-0.15, -0.1) is 0 Å². The average molecular weight is 661 g/mol. The van der Waals surface area contributed by atoms with Crippen molar-refractivity contribution in [1.29, 1.82) is 0 Å². The topological polar surface area (TPSA) is 99.9 Å². The lowest BCUT2D eigenvalue weighted by Crippen LogP contribution is -2.51. The van der Waals surface area contributed by atoms with Gasteiger partial charge in [0.2, 0.25) is 11.8 Å². The van der Waals surface area contributed by atoms with Gasteiger partial charge >= 0.3 is 0 Å². The zero-order chi connectivity index (χ0) is 32.2. The Bertz CT molecular complexity index is 1810. The van der Waals surface area contributed by atoms with Gasteiger partial charge in [0.05, 0.1) is 5.39 Å². The first-order valence-electron chi connectivity index (χ1n) is 15.7. The number of amides is 3. The van der Waals surface area contributed by atoms with Crippen LogP contribution in [0.15, 0.2) is 82.0 Å². The summed E-state index contributed by atoms with van der Waals surface area (Å²) in [5.41, 5.74) is 3.05. The third-order valence-corrected chi connectivity index (χ3v) is 9.44. The Morgan fingerprint density at radius 3 is 2.39 bits per heavy atom. The number of hydrogen-bond acceptors (Lipinski definition) is 5. The van der Waals surface area contributed by atoms with Gasteiger partial charge in [0.1, 0.15) is 11.6 Å². The molecule has 0 unspecified atom stereocenters. The normalized spacial score (nSPS) is 16.4. The van der Waals surface area contributed by atoms with Crippen molar-refractivity contribution in [1.82, 2.24) is 15.1 Å². The van der Waals surface area contributed by atoms with Gasteiger partial charge in [-0.2, -0.15) is 0 Å². The third-order valence-electron chi connectivity index (χ3n) is 8.95. The first kappa shape index (κ1) is 31.8. The number of piperidine rings is 2. The van der Waals surface area contributed by atoms with Crippen LogP contribution in [0.5, 0.6) is 0 Å². The quantitative estimate of drug-likeness (QED) is 0.237. The molecule has 6 rings (SSSR count). The standard InChI is InChI=1S/C36H35Cl2N3O5/c37-26-10-8-23(9-11-26)19-30(39-35(44)33-21-31(42)29-20-27(38)12-13-32(29)46-33)36(45)40-17-14-24(15-18-40)28-6-2-1-5-25(28)22-41-16-4-3-7-34(41)43/h1-2,5-6,8-13,20-21,24,30H,3-4,7,14-19,22H2,(H,39,44)/t30-/m1/s1. The highest BCUT2D eigenvalue weighted by molar-refractivity contribution is 6.31. The molecular weight excluding hydrogens is 625 g/mol. The highest BCUT2D eigenvalue weighted by Crippen LogP contribution is 2.32. The molecule has 2 fully saturated rings. The number of halogens is 2.